The molecule has 126 valence electrons. The molecule has 1 unspecified atom stereocenters. The molecule has 0 aromatic heterocycles. The Kier molecular flexibility index (Phi) is 8.10. The van der Waals surface area contributed by atoms with E-state index in [1.807, 2.05) is 0 Å². The molecular weight excluding hydrogens is 292 g/mol. The van der Waals surface area contributed by atoms with Gasteiger partial charge < -0.3 is 26.8 Å². The summed E-state index contributed by atoms with van der Waals surface area (Å²) in [5, 5.41) is 4.51. The Morgan fingerprint density at radius 2 is 1.68 bits per heavy atom. The summed E-state index contributed by atoms with van der Waals surface area (Å²) in [7, 11) is 0. The van der Waals surface area contributed by atoms with Crippen molar-refractivity contribution in [1.82, 2.24) is 10.6 Å². The number of hydrogen-bond donors (Lipinski definition) is 4. The first-order valence-corrected chi connectivity index (χ1v) is 6.81. The fraction of sp³-hybridized carbons (Fsp3) is 0.692. The number of carbonyl (C=O) groups excluding carboxylic acids is 4. The zero-order valence-electron chi connectivity index (χ0n) is 13.1. The van der Waals surface area contributed by atoms with Gasteiger partial charge in [-0.1, -0.05) is 0 Å². The van der Waals surface area contributed by atoms with Gasteiger partial charge >= 0.3 is 5.97 Å². The maximum Gasteiger partial charge on any atom is 0.306 e. The summed E-state index contributed by atoms with van der Waals surface area (Å²) in [6, 6.07) is -0.934. The normalized spacial score (nSPS) is 12.2. The molecule has 9 heteroatoms. The maximum atomic E-state index is 11.6. The third-order valence-corrected chi connectivity index (χ3v) is 2.30. The van der Waals surface area contributed by atoms with Crippen LogP contribution in [0.4, 0.5) is 0 Å². The minimum Gasteiger partial charge on any atom is -0.460 e. The van der Waals surface area contributed by atoms with Crippen LogP contribution in [-0.4, -0.2) is 48.4 Å². The van der Waals surface area contributed by atoms with E-state index in [-0.39, 0.29) is 25.9 Å². The number of hydrogen-bond acceptors (Lipinski definition) is 6. The van der Waals surface area contributed by atoms with E-state index in [9.17, 15) is 19.2 Å². The second kappa shape index (κ2) is 8.98. The zero-order chi connectivity index (χ0) is 17.3. The molecule has 0 aliphatic rings. The average Bonchev–Trinajstić information content (AvgIpc) is 2.37. The Morgan fingerprint density at radius 1 is 1.09 bits per heavy atom. The molecule has 9 nitrogen and oxygen atoms in total. The molecule has 0 radical (unpaired) electrons. The first-order valence-electron chi connectivity index (χ1n) is 6.81. The Labute approximate surface area is 129 Å². The van der Waals surface area contributed by atoms with Crippen LogP contribution >= 0.6 is 0 Å². The minimum atomic E-state index is -0.934. The number of rotatable bonds is 8. The minimum absolute atomic E-state index is 0.000269. The maximum absolute atomic E-state index is 11.6. The van der Waals surface area contributed by atoms with Crippen LogP contribution in [0, 0.1) is 0 Å². The Balaban J connectivity index is 3.99. The summed E-state index contributed by atoms with van der Waals surface area (Å²) < 4.78 is 5.09. The molecule has 0 aliphatic heterocycles. The molecule has 3 amide bonds. The fourth-order valence-electron chi connectivity index (χ4n) is 1.34. The van der Waals surface area contributed by atoms with E-state index in [1.54, 1.807) is 20.8 Å². The second-order valence-corrected chi connectivity index (χ2v) is 5.69. The standard InChI is InChI=1S/C13H24N4O5/c1-13(2,3)22-11(20)5-4-8(14)12(21)17-7-10(19)16-6-9(15)18/h8H,4-7,14H2,1-3H3,(H2,15,18)(H,16,19)(H,17,21). The lowest BCUT2D eigenvalue weighted by atomic mass is 10.1. The van der Waals surface area contributed by atoms with Crippen molar-refractivity contribution < 1.29 is 23.9 Å². The molecule has 0 saturated carbocycles. The predicted octanol–water partition coefficient (Wildman–Crippen LogP) is -1.85. The molecule has 1 atom stereocenters. The number of nitrogens with one attached hydrogen (secondary N) is 2. The number of amides is 3. The van der Waals surface area contributed by atoms with Gasteiger partial charge in [0.25, 0.3) is 0 Å². The van der Waals surface area contributed by atoms with E-state index in [4.69, 9.17) is 16.2 Å². The molecule has 0 fully saturated rings. The van der Waals surface area contributed by atoms with Gasteiger partial charge in [-0.3, -0.25) is 19.2 Å². The van der Waals surface area contributed by atoms with Crippen molar-refractivity contribution in [2.45, 2.75) is 45.3 Å². The Morgan fingerprint density at radius 3 is 2.18 bits per heavy atom. The van der Waals surface area contributed by atoms with Crippen LogP contribution in [0.3, 0.4) is 0 Å². The van der Waals surface area contributed by atoms with Crippen LogP contribution in [0.15, 0.2) is 0 Å². The number of nitrogens with two attached hydrogens (primary N) is 2. The summed E-state index contributed by atoms with van der Waals surface area (Å²) in [5.41, 5.74) is 9.87. The monoisotopic (exact) mass is 316 g/mol. The van der Waals surface area contributed by atoms with Crippen molar-refractivity contribution >= 4 is 23.7 Å². The van der Waals surface area contributed by atoms with E-state index in [2.05, 4.69) is 10.6 Å². The molecule has 22 heavy (non-hydrogen) atoms. The largest absolute Gasteiger partial charge is 0.460 e. The molecule has 0 heterocycles. The van der Waals surface area contributed by atoms with E-state index < -0.39 is 35.3 Å². The highest BCUT2D eigenvalue weighted by Gasteiger charge is 2.20. The SMILES string of the molecule is CC(C)(C)OC(=O)CCC(N)C(=O)NCC(=O)NCC(N)=O. The lowest BCUT2D eigenvalue weighted by molar-refractivity contribution is -0.155. The first kappa shape index (κ1) is 19.8. The Hall–Kier alpha value is -2.16. The van der Waals surface area contributed by atoms with E-state index in [0.717, 1.165) is 0 Å². The molecule has 0 aromatic rings. The molecule has 0 spiro atoms. The summed E-state index contributed by atoms with van der Waals surface area (Å²) in [5.74, 6) is -2.27. The van der Waals surface area contributed by atoms with Crippen LogP contribution in [0.2, 0.25) is 0 Å². The van der Waals surface area contributed by atoms with Crippen molar-refractivity contribution in [2.24, 2.45) is 11.5 Å². The summed E-state index contributed by atoms with van der Waals surface area (Å²) in [6.07, 6.45) is 0.101. The smallest absolute Gasteiger partial charge is 0.306 e. The summed E-state index contributed by atoms with van der Waals surface area (Å²) >= 11 is 0. The van der Waals surface area contributed by atoms with Crippen molar-refractivity contribution in [3.8, 4) is 0 Å². The number of ether oxygens (including phenoxy) is 1. The summed E-state index contributed by atoms with van der Waals surface area (Å²) in [4.78, 5) is 44.8. The molecule has 0 rings (SSSR count). The number of esters is 1. The fourth-order valence-corrected chi connectivity index (χ4v) is 1.34. The van der Waals surface area contributed by atoms with Gasteiger partial charge in [0.1, 0.15) is 5.60 Å². The van der Waals surface area contributed by atoms with Crippen molar-refractivity contribution in [3.05, 3.63) is 0 Å². The highest BCUT2D eigenvalue weighted by atomic mass is 16.6. The van der Waals surface area contributed by atoms with E-state index in [1.165, 1.54) is 0 Å². The van der Waals surface area contributed by atoms with Crippen molar-refractivity contribution in [2.75, 3.05) is 13.1 Å². The molecule has 0 bridgehead atoms. The average molecular weight is 316 g/mol. The van der Waals surface area contributed by atoms with Gasteiger partial charge in [-0.15, -0.1) is 0 Å². The quantitative estimate of drug-likeness (QED) is 0.386. The Bertz CT molecular complexity index is 431. The molecule has 6 N–H and O–H groups in total. The van der Waals surface area contributed by atoms with Crippen LogP contribution in [-0.2, 0) is 23.9 Å². The highest BCUT2D eigenvalue weighted by Crippen LogP contribution is 2.09. The molecule has 0 aromatic carbocycles. The lowest BCUT2D eigenvalue weighted by Gasteiger charge is -2.20. The van der Waals surface area contributed by atoms with E-state index >= 15 is 0 Å². The number of primary amides is 1. The van der Waals surface area contributed by atoms with Crippen LogP contribution in [0.25, 0.3) is 0 Å². The van der Waals surface area contributed by atoms with Gasteiger partial charge in [0, 0.05) is 6.42 Å². The molecule has 0 aliphatic carbocycles. The second-order valence-electron chi connectivity index (χ2n) is 5.69. The zero-order valence-corrected chi connectivity index (χ0v) is 13.1. The molecule has 0 saturated heterocycles. The van der Waals surface area contributed by atoms with Crippen molar-refractivity contribution in [3.63, 3.8) is 0 Å². The van der Waals surface area contributed by atoms with Crippen molar-refractivity contribution in [1.29, 1.82) is 0 Å². The van der Waals surface area contributed by atoms with Crippen LogP contribution in [0.1, 0.15) is 33.6 Å². The summed E-state index contributed by atoms with van der Waals surface area (Å²) in [6.45, 7) is 4.58. The number of carbonyl (C=O) groups is 4. The van der Waals surface area contributed by atoms with Gasteiger partial charge in [-0.25, -0.2) is 0 Å². The predicted molar refractivity (Wildman–Crippen MR) is 78.3 cm³/mol. The van der Waals surface area contributed by atoms with Gasteiger partial charge in [-0.2, -0.15) is 0 Å². The first-order chi connectivity index (χ1) is 10.0. The van der Waals surface area contributed by atoms with E-state index in [0.29, 0.717) is 0 Å². The third-order valence-electron chi connectivity index (χ3n) is 2.30. The third kappa shape index (κ3) is 10.6. The van der Waals surface area contributed by atoms with Crippen LogP contribution in [0.5, 0.6) is 0 Å². The van der Waals surface area contributed by atoms with Gasteiger partial charge in [-0.05, 0) is 27.2 Å². The van der Waals surface area contributed by atoms with Gasteiger partial charge in [0.05, 0.1) is 19.1 Å². The topological polar surface area (TPSA) is 154 Å². The van der Waals surface area contributed by atoms with Gasteiger partial charge in [0.15, 0.2) is 0 Å². The lowest BCUT2D eigenvalue weighted by Crippen LogP contribution is -2.46. The highest BCUT2D eigenvalue weighted by molar-refractivity contribution is 5.89. The van der Waals surface area contributed by atoms with Gasteiger partial charge in [0.2, 0.25) is 17.7 Å². The molecular formula is C13H24N4O5. The van der Waals surface area contributed by atoms with Crippen LogP contribution < -0.4 is 22.1 Å².